The molecule has 7 heteroatoms. The van der Waals surface area contributed by atoms with Gasteiger partial charge in [0.05, 0.1) is 27.6 Å². The van der Waals surface area contributed by atoms with E-state index in [4.69, 9.17) is 10.5 Å². The molecule has 0 amide bonds. The Labute approximate surface area is 140 Å². The van der Waals surface area contributed by atoms with Gasteiger partial charge in [-0.15, -0.1) is 0 Å². The molecular weight excluding hydrogens is 401 g/mol. The number of amidine groups is 1. The van der Waals surface area contributed by atoms with E-state index in [1.54, 1.807) is 6.08 Å². The lowest BCUT2D eigenvalue weighted by atomic mass is 10.1. The quantitative estimate of drug-likeness (QED) is 0.348. The van der Waals surface area contributed by atoms with Gasteiger partial charge in [-0.05, 0) is 28.8 Å². The summed E-state index contributed by atoms with van der Waals surface area (Å²) in [6.45, 7) is 3.79. The Bertz CT molecular complexity index is 752. The van der Waals surface area contributed by atoms with E-state index in [0.29, 0.717) is 20.1 Å². The van der Waals surface area contributed by atoms with Crippen molar-refractivity contribution in [2.24, 2.45) is 10.7 Å². The zero-order valence-corrected chi connectivity index (χ0v) is 14.5. The summed E-state index contributed by atoms with van der Waals surface area (Å²) in [7, 11) is 1.36. The first-order valence-corrected chi connectivity index (χ1v) is 8.26. The number of aromatic amines is 1. The van der Waals surface area contributed by atoms with Crippen LogP contribution in [0.5, 0.6) is 0 Å². The average Bonchev–Trinajstić information content (AvgIpc) is 2.83. The highest BCUT2D eigenvalue weighted by atomic mass is 127. The highest BCUT2D eigenvalue weighted by Crippen LogP contribution is 2.35. The third kappa shape index (κ3) is 2.93. The van der Waals surface area contributed by atoms with Crippen molar-refractivity contribution in [1.82, 2.24) is 4.98 Å². The van der Waals surface area contributed by atoms with Gasteiger partial charge in [0, 0.05) is 10.9 Å². The predicted octanol–water partition coefficient (Wildman–Crippen LogP) is 3.51. The maximum absolute atomic E-state index is 11.9. The second kappa shape index (κ2) is 6.52. The minimum atomic E-state index is -0.384. The Morgan fingerprint density at radius 1 is 1.57 bits per heavy atom. The molecule has 1 aromatic heterocycles. The molecule has 0 fully saturated rings. The average molecular weight is 415 g/mol. The van der Waals surface area contributed by atoms with E-state index in [1.165, 1.54) is 18.9 Å². The molecule has 0 spiro atoms. The number of nitrogens with zero attached hydrogens (tertiary/aromatic N) is 1. The van der Waals surface area contributed by atoms with Crippen LogP contribution in [-0.2, 0) is 4.74 Å². The van der Waals surface area contributed by atoms with Crippen molar-refractivity contribution < 1.29 is 9.53 Å². The molecule has 0 saturated heterocycles. The van der Waals surface area contributed by atoms with Crippen molar-refractivity contribution in [1.29, 1.82) is 0 Å². The molecule has 1 aromatic carbocycles. The summed E-state index contributed by atoms with van der Waals surface area (Å²) >= 11 is 3.42. The zero-order chi connectivity index (χ0) is 15.6. The van der Waals surface area contributed by atoms with Crippen LogP contribution in [0.4, 0.5) is 5.69 Å². The Hall–Kier alpha value is -1.48. The third-order valence-electron chi connectivity index (χ3n) is 2.97. The Morgan fingerprint density at radius 3 is 2.86 bits per heavy atom. The molecule has 0 bridgehead atoms. The summed E-state index contributed by atoms with van der Waals surface area (Å²) in [5, 5.41) is 1.19. The number of aliphatic imine (C=N–C) groups is 1. The Morgan fingerprint density at radius 2 is 2.29 bits per heavy atom. The second-order valence-corrected chi connectivity index (χ2v) is 6.00. The lowest BCUT2D eigenvalue weighted by molar-refractivity contribution is 0.0602. The molecule has 0 aliphatic heterocycles. The van der Waals surface area contributed by atoms with Crippen molar-refractivity contribution in [3.8, 4) is 0 Å². The molecule has 0 saturated carbocycles. The van der Waals surface area contributed by atoms with Gasteiger partial charge in [-0.1, -0.05) is 36.5 Å². The molecule has 1 heterocycles. The number of nitrogens with one attached hydrogen (secondary N) is 1. The minimum Gasteiger partial charge on any atom is -0.465 e. The molecule has 110 valence electrons. The van der Waals surface area contributed by atoms with E-state index in [2.05, 4.69) is 39.1 Å². The smallest absolute Gasteiger partial charge is 0.341 e. The van der Waals surface area contributed by atoms with Crippen LogP contribution >= 0.6 is 34.4 Å². The van der Waals surface area contributed by atoms with Gasteiger partial charge in [0.25, 0.3) is 0 Å². The predicted molar refractivity (Wildman–Crippen MR) is 97.2 cm³/mol. The van der Waals surface area contributed by atoms with Gasteiger partial charge in [-0.25, -0.2) is 9.79 Å². The van der Waals surface area contributed by atoms with Crippen molar-refractivity contribution in [2.45, 2.75) is 0 Å². The summed E-state index contributed by atoms with van der Waals surface area (Å²) in [4.78, 5) is 19.5. The summed E-state index contributed by atoms with van der Waals surface area (Å²) in [6.07, 6.45) is 3.56. The summed E-state index contributed by atoms with van der Waals surface area (Å²) in [5.74, 6) is -0.384. The molecule has 0 unspecified atom stereocenters. The Kier molecular flexibility index (Phi) is 4.94. The third-order valence-corrected chi connectivity index (χ3v) is 4.29. The summed E-state index contributed by atoms with van der Waals surface area (Å²) < 4.78 is 5.54. The Balaban J connectivity index is 2.82. The summed E-state index contributed by atoms with van der Waals surface area (Å²) in [6, 6.07) is 3.71. The number of carbonyl (C=O) groups is 1. The van der Waals surface area contributed by atoms with Crippen LogP contribution in [0.25, 0.3) is 17.0 Å². The number of benzene rings is 1. The van der Waals surface area contributed by atoms with E-state index in [9.17, 15) is 4.79 Å². The number of hydrogen-bond donors (Lipinski definition) is 2. The number of carbonyl (C=O) groups excluding carboxylic acids is 1. The van der Waals surface area contributed by atoms with Crippen LogP contribution in [0.1, 0.15) is 15.9 Å². The van der Waals surface area contributed by atoms with Crippen molar-refractivity contribution in [2.75, 3.05) is 13.4 Å². The number of methoxy groups -OCH3 is 1. The van der Waals surface area contributed by atoms with Crippen molar-refractivity contribution >= 4 is 68.2 Å². The molecule has 0 aliphatic rings. The minimum absolute atomic E-state index is 0.384. The topological polar surface area (TPSA) is 80.5 Å². The number of fused-ring (bicyclic) bond motifs is 1. The maximum atomic E-state index is 11.9. The molecule has 0 aliphatic carbocycles. The molecule has 5 nitrogen and oxygen atoms in total. The van der Waals surface area contributed by atoms with Gasteiger partial charge in [0.1, 0.15) is 0 Å². The van der Waals surface area contributed by atoms with Gasteiger partial charge in [-0.2, -0.15) is 0 Å². The SMILES string of the molecule is C=Cc1ccc2c(C(=O)OC)c(I)[nH]c2c1/N=C(\N)SC. The molecule has 0 atom stereocenters. The van der Waals surface area contributed by atoms with Crippen LogP contribution < -0.4 is 5.73 Å². The van der Waals surface area contributed by atoms with Crippen molar-refractivity contribution in [3.63, 3.8) is 0 Å². The fourth-order valence-electron chi connectivity index (χ4n) is 1.98. The second-order valence-electron chi connectivity index (χ2n) is 4.09. The van der Waals surface area contributed by atoms with Crippen molar-refractivity contribution in [3.05, 3.63) is 33.5 Å². The lowest BCUT2D eigenvalue weighted by Gasteiger charge is -2.04. The number of hydrogen-bond acceptors (Lipinski definition) is 4. The molecule has 21 heavy (non-hydrogen) atoms. The van der Waals surface area contributed by atoms with Crippen LogP contribution in [-0.4, -0.2) is 29.5 Å². The van der Waals surface area contributed by atoms with E-state index < -0.39 is 0 Å². The fourth-order valence-corrected chi connectivity index (χ4v) is 2.94. The fraction of sp³-hybridized carbons (Fsp3) is 0.143. The van der Waals surface area contributed by atoms with E-state index in [1.807, 2.05) is 18.4 Å². The van der Waals surface area contributed by atoms with Gasteiger partial charge in [0.2, 0.25) is 0 Å². The van der Waals surface area contributed by atoms with Crippen LogP contribution in [0.2, 0.25) is 0 Å². The van der Waals surface area contributed by atoms with Gasteiger partial charge >= 0.3 is 5.97 Å². The maximum Gasteiger partial charge on any atom is 0.341 e. The van der Waals surface area contributed by atoms with Crippen LogP contribution in [0, 0.1) is 3.70 Å². The molecular formula is C14H14IN3O2S. The first-order valence-electron chi connectivity index (χ1n) is 5.96. The standard InChI is InChI=1S/C14H14IN3O2S/c1-4-7-5-6-8-9(13(19)20-2)12(15)17-11(8)10(7)18-14(16)21-3/h4-6,17H,1H2,2-3H3,(H2,16,18). The van der Waals surface area contributed by atoms with Crippen LogP contribution in [0.15, 0.2) is 23.7 Å². The monoisotopic (exact) mass is 415 g/mol. The molecule has 3 N–H and O–H groups in total. The molecule has 2 aromatic rings. The molecule has 2 rings (SSSR count). The lowest BCUT2D eigenvalue weighted by Crippen LogP contribution is -2.04. The van der Waals surface area contributed by atoms with Crippen LogP contribution in [0.3, 0.4) is 0 Å². The van der Waals surface area contributed by atoms with E-state index in [0.717, 1.165) is 16.5 Å². The number of halogens is 1. The molecule has 0 radical (unpaired) electrons. The van der Waals surface area contributed by atoms with E-state index >= 15 is 0 Å². The van der Waals surface area contributed by atoms with Gasteiger partial charge in [-0.3, -0.25) is 0 Å². The van der Waals surface area contributed by atoms with Gasteiger partial charge < -0.3 is 15.5 Å². The number of H-pyrrole nitrogens is 1. The number of nitrogens with two attached hydrogens (primary N) is 1. The first-order chi connectivity index (χ1) is 10.0. The number of aromatic nitrogens is 1. The number of rotatable bonds is 3. The highest BCUT2D eigenvalue weighted by molar-refractivity contribution is 14.1. The summed E-state index contributed by atoms with van der Waals surface area (Å²) in [5.41, 5.74) is 8.58. The highest BCUT2D eigenvalue weighted by Gasteiger charge is 2.20. The first kappa shape index (κ1) is 15.9. The number of thioether (sulfide) groups is 1. The largest absolute Gasteiger partial charge is 0.465 e. The zero-order valence-electron chi connectivity index (χ0n) is 11.6. The normalized spacial score (nSPS) is 11.7. The number of ether oxygens (including phenoxy) is 1. The number of esters is 1. The van der Waals surface area contributed by atoms with E-state index in [-0.39, 0.29) is 5.97 Å². The van der Waals surface area contributed by atoms with Gasteiger partial charge in [0.15, 0.2) is 5.17 Å².